The molecule has 1 N–H and O–H groups in total. The third-order valence-electron chi connectivity index (χ3n) is 3.04. The van der Waals surface area contributed by atoms with Crippen LogP contribution in [0, 0.1) is 10.1 Å². The molecule has 0 aliphatic rings. The van der Waals surface area contributed by atoms with Gasteiger partial charge in [-0.2, -0.15) is 18.3 Å². The van der Waals surface area contributed by atoms with E-state index in [1.165, 1.54) is 6.21 Å². The summed E-state index contributed by atoms with van der Waals surface area (Å²) in [5.74, 6) is 0. The van der Waals surface area contributed by atoms with Crippen LogP contribution in [0.4, 0.5) is 24.5 Å². The molecule has 0 aromatic heterocycles. The molecule has 0 saturated heterocycles. The first-order valence-corrected chi connectivity index (χ1v) is 7.82. The number of nitrogens with one attached hydrogen (secondary N) is 1. The third-order valence-corrected chi connectivity index (χ3v) is 3.78. The molecule has 2 aromatic rings. The van der Waals surface area contributed by atoms with Gasteiger partial charge in [-0.1, -0.05) is 12.1 Å². The van der Waals surface area contributed by atoms with Crippen molar-refractivity contribution in [1.29, 1.82) is 0 Å². The van der Waals surface area contributed by atoms with Crippen molar-refractivity contribution in [3.63, 3.8) is 0 Å². The van der Waals surface area contributed by atoms with Crippen LogP contribution in [0.3, 0.4) is 0 Å². The SMILES string of the molecule is CSc1ccc(/C=N\Nc2ccc(C(F)(F)F)cc2[N+](=O)[O-])cc1. The highest BCUT2D eigenvalue weighted by molar-refractivity contribution is 7.98. The average molecular weight is 355 g/mol. The van der Waals surface area contributed by atoms with Crippen molar-refractivity contribution in [2.45, 2.75) is 11.1 Å². The summed E-state index contributed by atoms with van der Waals surface area (Å²) in [5, 5.41) is 14.8. The van der Waals surface area contributed by atoms with Gasteiger partial charge in [0.15, 0.2) is 0 Å². The summed E-state index contributed by atoms with van der Waals surface area (Å²) in [5.41, 5.74) is 1.25. The molecule has 24 heavy (non-hydrogen) atoms. The van der Waals surface area contributed by atoms with Crippen LogP contribution in [0.15, 0.2) is 52.5 Å². The Bertz CT molecular complexity index is 762. The van der Waals surface area contributed by atoms with Gasteiger partial charge in [0.2, 0.25) is 0 Å². The molecule has 0 aliphatic carbocycles. The van der Waals surface area contributed by atoms with Gasteiger partial charge in [-0.3, -0.25) is 15.5 Å². The number of nitro benzene ring substituents is 1. The van der Waals surface area contributed by atoms with Crippen LogP contribution in [0.5, 0.6) is 0 Å². The molecule has 0 bridgehead atoms. The van der Waals surface area contributed by atoms with Crippen molar-refractivity contribution >= 4 is 29.4 Å². The molecule has 0 atom stereocenters. The Hall–Kier alpha value is -2.55. The second kappa shape index (κ2) is 7.35. The number of thioether (sulfide) groups is 1. The fourth-order valence-electron chi connectivity index (χ4n) is 1.82. The minimum absolute atomic E-state index is 0.120. The molecule has 2 aromatic carbocycles. The lowest BCUT2D eigenvalue weighted by Gasteiger charge is -2.08. The Balaban J connectivity index is 2.19. The second-order valence-electron chi connectivity index (χ2n) is 4.63. The van der Waals surface area contributed by atoms with Gasteiger partial charge >= 0.3 is 6.18 Å². The monoisotopic (exact) mass is 355 g/mol. The van der Waals surface area contributed by atoms with Crippen molar-refractivity contribution < 1.29 is 18.1 Å². The number of nitrogens with zero attached hydrogens (tertiary/aromatic N) is 2. The van der Waals surface area contributed by atoms with Crippen LogP contribution in [0.25, 0.3) is 0 Å². The number of halogens is 3. The predicted molar refractivity (Wildman–Crippen MR) is 87.5 cm³/mol. The van der Waals surface area contributed by atoms with E-state index in [1.54, 1.807) is 23.9 Å². The first-order chi connectivity index (χ1) is 11.3. The maximum absolute atomic E-state index is 12.6. The number of hydrogen-bond acceptors (Lipinski definition) is 5. The van der Waals surface area contributed by atoms with Crippen molar-refractivity contribution in [2.75, 3.05) is 11.7 Å². The van der Waals surface area contributed by atoms with Crippen molar-refractivity contribution in [1.82, 2.24) is 0 Å². The highest BCUT2D eigenvalue weighted by Crippen LogP contribution is 2.34. The molecule has 0 saturated carbocycles. The first kappa shape index (κ1) is 17.8. The number of nitro groups is 1. The molecule has 0 spiro atoms. The molecule has 0 radical (unpaired) electrons. The summed E-state index contributed by atoms with van der Waals surface area (Å²) in [6.07, 6.45) is -1.29. The molecule has 2 rings (SSSR count). The summed E-state index contributed by atoms with van der Waals surface area (Å²) >= 11 is 1.58. The van der Waals surface area contributed by atoms with E-state index in [4.69, 9.17) is 0 Å². The smallest absolute Gasteiger partial charge is 0.272 e. The molecule has 0 aliphatic heterocycles. The van der Waals surface area contributed by atoms with Gasteiger partial charge < -0.3 is 0 Å². The van der Waals surface area contributed by atoms with E-state index >= 15 is 0 Å². The van der Waals surface area contributed by atoms with Gasteiger partial charge in [-0.25, -0.2) is 0 Å². The summed E-state index contributed by atoms with van der Waals surface area (Å²) in [7, 11) is 0. The van der Waals surface area contributed by atoms with Crippen molar-refractivity contribution in [2.24, 2.45) is 5.10 Å². The van der Waals surface area contributed by atoms with Crippen LogP contribution in [-0.4, -0.2) is 17.4 Å². The fourth-order valence-corrected chi connectivity index (χ4v) is 2.23. The Morgan fingerprint density at radius 3 is 2.42 bits per heavy atom. The van der Waals surface area contributed by atoms with E-state index in [0.29, 0.717) is 6.07 Å². The van der Waals surface area contributed by atoms with E-state index in [1.807, 2.05) is 18.4 Å². The highest BCUT2D eigenvalue weighted by atomic mass is 32.2. The number of benzene rings is 2. The van der Waals surface area contributed by atoms with Gasteiger partial charge in [0.25, 0.3) is 5.69 Å². The number of hydrogen-bond donors (Lipinski definition) is 1. The van der Waals surface area contributed by atoms with Crippen LogP contribution >= 0.6 is 11.8 Å². The minimum Gasteiger partial charge on any atom is -0.272 e. The highest BCUT2D eigenvalue weighted by Gasteiger charge is 2.33. The molecule has 0 amide bonds. The largest absolute Gasteiger partial charge is 0.416 e. The zero-order valence-corrected chi connectivity index (χ0v) is 13.2. The molecule has 0 unspecified atom stereocenters. The van der Waals surface area contributed by atoms with Crippen LogP contribution in [-0.2, 0) is 6.18 Å². The van der Waals surface area contributed by atoms with E-state index in [0.717, 1.165) is 22.6 Å². The molecular formula is C15H12F3N3O2S. The van der Waals surface area contributed by atoms with Gasteiger partial charge in [0.05, 0.1) is 16.7 Å². The first-order valence-electron chi connectivity index (χ1n) is 6.60. The second-order valence-corrected chi connectivity index (χ2v) is 5.51. The topological polar surface area (TPSA) is 67.5 Å². The van der Waals surface area contributed by atoms with Gasteiger partial charge in [0.1, 0.15) is 5.69 Å². The number of rotatable bonds is 5. The number of hydrazone groups is 1. The summed E-state index contributed by atoms with van der Waals surface area (Å²) in [4.78, 5) is 11.1. The standard InChI is InChI=1S/C15H12F3N3O2S/c1-24-12-5-2-10(3-6-12)9-19-20-13-7-4-11(15(16,17)18)8-14(13)21(22)23/h2-9,20H,1H3/b19-9-. The lowest BCUT2D eigenvalue weighted by atomic mass is 10.1. The molecule has 5 nitrogen and oxygen atoms in total. The minimum atomic E-state index is -4.65. The van der Waals surface area contributed by atoms with E-state index in [9.17, 15) is 23.3 Å². The quantitative estimate of drug-likeness (QED) is 0.363. The van der Waals surface area contributed by atoms with Gasteiger partial charge in [-0.15, -0.1) is 11.8 Å². The fraction of sp³-hybridized carbons (Fsp3) is 0.133. The molecular weight excluding hydrogens is 343 g/mol. The molecule has 0 heterocycles. The Kier molecular flexibility index (Phi) is 5.45. The summed E-state index contributed by atoms with van der Waals surface area (Å²) in [6.45, 7) is 0. The van der Waals surface area contributed by atoms with Gasteiger partial charge in [-0.05, 0) is 36.1 Å². The van der Waals surface area contributed by atoms with E-state index in [2.05, 4.69) is 10.5 Å². The Labute approximate surface area is 139 Å². The van der Waals surface area contributed by atoms with Crippen LogP contribution in [0.1, 0.15) is 11.1 Å². The normalized spacial score (nSPS) is 11.7. The molecule has 9 heteroatoms. The zero-order chi connectivity index (χ0) is 17.7. The Morgan fingerprint density at radius 1 is 1.21 bits per heavy atom. The molecule has 126 valence electrons. The maximum Gasteiger partial charge on any atom is 0.416 e. The van der Waals surface area contributed by atoms with Crippen LogP contribution < -0.4 is 5.43 Å². The Morgan fingerprint density at radius 2 is 1.88 bits per heavy atom. The van der Waals surface area contributed by atoms with Gasteiger partial charge in [0, 0.05) is 11.0 Å². The summed E-state index contributed by atoms with van der Waals surface area (Å²) < 4.78 is 37.9. The number of anilines is 1. The van der Waals surface area contributed by atoms with Crippen molar-refractivity contribution in [3.8, 4) is 0 Å². The maximum atomic E-state index is 12.6. The van der Waals surface area contributed by atoms with E-state index in [-0.39, 0.29) is 5.69 Å². The number of alkyl halides is 3. The zero-order valence-electron chi connectivity index (χ0n) is 12.4. The van der Waals surface area contributed by atoms with Crippen molar-refractivity contribution in [3.05, 3.63) is 63.7 Å². The third kappa shape index (κ3) is 4.48. The van der Waals surface area contributed by atoms with E-state index < -0.39 is 22.4 Å². The average Bonchev–Trinajstić information content (AvgIpc) is 2.54. The predicted octanol–water partition coefficient (Wildman–Crippen LogP) is 4.78. The van der Waals surface area contributed by atoms with Crippen LogP contribution in [0.2, 0.25) is 0 Å². The lowest BCUT2D eigenvalue weighted by Crippen LogP contribution is -2.06. The lowest BCUT2D eigenvalue weighted by molar-refractivity contribution is -0.384. The summed E-state index contributed by atoms with van der Waals surface area (Å²) in [6, 6.07) is 9.59. The molecule has 0 fully saturated rings.